The van der Waals surface area contributed by atoms with Gasteiger partial charge in [0, 0.05) is 25.9 Å². The van der Waals surface area contributed by atoms with E-state index in [2.05, 4.69) is 11.1 Å². The van der Waals surface area contributed by atoms with E-state index in [1.54, 1.807) is 18.2 Å². The van der Waals surface area contributed by atoms with E-state index in [9.17, 15) is 9.18 Å². The third-order valence-corrected chi connectivity index (χ3v) is 4.10. The number of nitrogens with zero attached hydrogens (tertiary/aromatic N) is 3. The van der Waals surface area contributed by atoms with E-state index >= 15 is 0 Å². The van der Waals surface area contributed by atoms with Gasteiger partial charge in [0.25, 0.3) is 0 Å². The van der Waals surface area contributed by atoms with Crippen LogP contribution in [0.1, 0.15) is 28.8 Å². The van der Waals surface area contributed by atoms with E-state index < -0.39 is 17.5 Å². The number of nitriles is 1. The monoisotopic (exact) mass is 341 g/mol. The van der Waals surface area contributed by atoms with E-state index in [1.807, 2.05) is 11.0 Å². The minimum absolute atomic E-state index is 0.00772. The molecule has 3 rings (SSSR count). The van der Waals surface area contributed by atoms with Crippen molar-refractivity contribution in [1.82, 2.24) is 4.98 Å². The second kappa shape index (κ2) is 7.18. The van der Waals surface area contributed by atoms with Crippen molar-refractivity contribution in [3.05, 3.63) is 53.5 Å². The van der Waals surface area contributed by atoms with Crippen molar-refractivity contribution >= 4 is 11.8 Å². The van der Waals surface area contributed by atoms with Crippen LogP contribution in [0.4, 0.5) is 10.2 Å². The summed E-state index contributed by atoms with van der Waals surface area (Å²) in [7, 11) is 0. The van der Waals surface area contributed by atoms with Crippen LogP contribution in [-0.4, -0.2) is 35.3 Å². The Kier molecular flexibility index (Phi) is 4.80. The summed E-state index contributed by atoms with van der Waals surface area (Å²) in [5.41, 5.74) is 0.118. The van der Waals surface area contributed by atoms with Crippen molar-refractivity contribution in [3.63, 3.8) is 0 Å². The van der Waals surface area contributed by atoms with Gasteiger partial charge in [-0.3, -0.25) is 0 Å². The molecule has 7 heteroatoms. The molecule has 1 N–H and O–H groups in total. The second-order valence-corrected chi connectivity index (χ2v) is 5.76. The number of hydrogen-bond acceptors (Lipinski definition) is 5. The van der Waals surface area contributed by atoms with Crippen molar-refractivity contribution in [2.75, 3.05) is 18.0 Å². The number of aromatic carboxylic acids is 1. The number of aromatic nitrogens is 1. The Morgan fingerprint density at radius 1 is 1.32 bits per heavy atom. The van der Waals surface area contributed by atoms with Crippen molar-refractivity contribution in [3.8, 4) is 11.8 Å². The molecule has 1 aliphatic rings. The largest absolute Gasteiger partial charge is 0.490 e. The molecule has 1 aromatic carbocycles. The first kappa shape index (κ1) is 16.7. The lowest BCUT2D eigenvalue weighted by molar-refractivity contribution is 0.0691. The molecular formula is C18H16FN3O3. The van der Waals surface area contributed by atoms with Gasteiger partial charge >= 0.3 is 5.97 Å². The number of carboxylic acids is 1. The molecule has 128 valence electrons. The predicted molar refractivity (Wildman–Crippen MR) is 88.2 cm³/mol. The normalized spacial score (nSPS) is 14.8. The summed E-state index contributed by atoms with van der Waals surface area (Å²) in [6, 6.07) is 11.8. The van der Waals surface area contributed by atoms with Crippen LogP contribution in [0.25, 0.3) is 0 Å². The number of rotatable bonds is 4. The second-order valence-electron chi connectivity index (χ2n) is 5.76. The van der Waals surface area contributed by atoms with Gasteiger partial charge in [-0.2, -0.15) is 9.65 Å². The van der Waals surface area contributed by atoms with Gasteiger partial charge in [-0.05, 0) is 30.3 Å². The molecule has 1 fully saturated rings. The zero-order valence-electron chi connectivity index (χ0n) is 13.4. The maximum absolute atomic E-state index is 13.7. The van der Waals surface area contributed by atoms with Crippen LogP contribution in [0, 0.1) is 17.3 Å². The SMILES string of the molecule is N#Cc1cccc(OC2CCN(c3ccc(C(=O)O)c(F)n3)CC2)c1. The lowest BCUT2D eigenvalue weighted by Gasteiger charge is -2.33. The average molecular weight is 341 g/mol. The number of carbonyl (C=O) groups is 1. The smallest absolute Gasteiger partial charge is 0.340 e. The fourth-order valence-electron chi connectivity index (χ4n) is 2.79. The number of benzene rings is 1. The molecule has 0 spiro atoms. The van der Waals surface area contributed by atoms with Crippen LogP contribution in [0.2, 0.25) is 0 Å². The van der Waals surface area contributed by atoms with Crippen LogP contribution >= 0.6 is 0 Å². The molecular weight excluding hydrogens is 325 g/mol. The number of hydrogen-bond donors (Lipinski definition) is 1. The van der Waals surface area contributed by atoms with Crippen LogP contribution in [0.3, 0.4) is 0 Å². The first-order chi connectivity index (χ1) is 12.1. The molecule has 6 nitrogen and oxygen atoms in total. The van der Waals surface area contributed by atoms with Crippen molar-refractivity contribution in [1.29, 1.82) is 5.26 Å². The molecule has 1 saturated heterocycles. The van der Waals surface area contributed by atoms with E-state index in [1.165, 1.54) is 12.1 Å². The maximum Gasteiger partial charge on any atom is 0.340 e. The molecule has 2 heterocycles. The summed E-state index contributed by atoms with van der Waals surface area (Å²) in [6.45, 7) is 1.25. The Labute approximate surface area is 144 Å². The van der Waals surface area contributed by atoms with Gasteiger partial charge < -0.3 is 14.7 Å². The number of anilines is 1. The van der Waals surface area contributed by atoms with E-state index in [0.29, 0.717) is 30.2 Å². The zero-order chi connectivity index (χ0) is 17.8. The van der Waals surface area contributed by atoms with Gasteiger partial charge in [-0.1, -0.05) is 6.07 Å². The fraction of sp³-hybridized carbons (Fsp3) is 0.278. The number of pyridine rings is 1. The highest BCUT2D eigenvalue weighted by molar-refractivity contribution is 5.87. The Hall–Kier alpha value is -3.14. The van der Waals surface area contributed by atoms with Gasteiger partial charge in [-0.25, -0.2) is 9.78 Å². The third-order valence-electron chi connectivity index (χ3n) is 4.10. The molecule has 1 aliphatic heterocycles. The first-order valence-corrected chi connectivity index (χ1v) is 7.88. The lowest BCUT2D eigenvalue weighted by Crippen LogP contribution is -2.38. The molecule has 25 heavy (non-hydrogen) atoms. The quantitative estimate of drug-likeness (QED) is 0.861. The molecule has 0 amide bonds. The van der Waals surface area contributed by atoms with E-state index in [0.717, 1.165) is 12.8 Å². The highest BCUT2D eigenvalue weighted by atomic mass is 19.1. The Morgan fingerprint density at radius 2 is 2.08 bits per heavy atom. The van der Waals surface area contributed by atoms with Gasteiger partial charge in [-0.15, -0.1) is 0 Å². The minimum atomic E-state index is -1.33. The van der Waals surface area contributed by atoms with Crippen LogP contribution < -0.4 is 9.64 Å². The van der Waals surface area contributed by atoms with Crippen molar-refractivity contribution in [2.24, 2.45) is 0 Å². The standard InChI is InChI=1S/C18H16FN3O3/c19-17-15(18(23)24)4-5-16(21-17)22-8-6-13(7-9-22)25-14-3-1-2-12(10-14)11-20/h1-5,10,13H,6-9H2,(H,23,24). The number of ether oxygens (including phenoxy) is 1. The summed E-state index contributed by atoms with van der Waals surface area (Å²) < 4.78 is 19.6. The highest BCUT2D eigenvalue weighted by Gasteiger charge is 2.23. The Balaban J connectivity index is 1.61. The average Bonchev–Trinajstić information content (AvgIpc) is 2.62. The minimum Gasteiger partial charge on any atom is -0.490 e. The first-order valence-electron chi connectivity index (χ1n) is 7.88. The molecule has 1 aromatic heterocycles. The molecule has 2 aromatic rings. The molecule has 0 unspecified atom stereocenters. The van der Waals surface area contributed by atoms with E-state index in [4.69, 9.17) is 15.1 Å². The van der Waals surface area contributed by atoms with Gasteiger partial charge in [0.15, 0.2) is 0 Å². The van der Waals surface area contributed by atoms with Gasteiger partial charge in [0.2, 0.25) is 5.95 Å². The summed E-state index contributed by atoms with van der Waals surface area (Å²) in [4.78, 5) is 16.5. The molecule has 0 radical (unpaired) electrons. The highest BCUT2D eigenvalue weighted by Crippen LogP contribution is 2.23. The molecule has 0 atom stereocenters. The van der Waals surface area contributed by atoms with Crippen LogP contribution in [-0.2, 0) is 0 Å². The van der Waals surface area contributed by atoms with Crippen molar-refractivity contribution in [2.45, 2.75) is 18.9 Å². The molecule has 0 saturated carbocycles. The van der Waals surface area contributed by atoms with Crippen LogP contribution in [0.15, 0.2) is 36.4 Å². The zero-order valence-corrected chi connectivity index (χ0v) is 13.4. The molecule has 0 aliphatic carbocycles. The summed E-state index contributed by atoms with van der Waals surface area (Å²) in [6.07, 6.45) is 1.45. The predicted octanol–water partition coefficient (Wildman–Crippen LogP) is 2.84. The van der Waals surface area contributed by atoms with Gasteiger partial charge in [0.05, 0.1) is 11.6 Å². The Morgan fingerprint density at radius 3 is 2.72 bits per heavy atom. The summed E-state index contributed by atoms with van der Waals surface area (Å²) in [5, 5.41) is 17.8. The summed E-state index contributed by atoms with van der Waals surface area (Å²) in [5.74, 6) is -1.22. The van der Waals surface area contributed by atoms with Crippen molar-refractivity contribution < 1.29 is 19.0 Å². The molecule has 0 bridgehead atoms. The summed E-state index contributed by atoms with van der Waals surface area (Å²) >= 11 is 0. The number of carboxylic acid groups (broad SMARTS) is 1. The third kappa shape index (κ3) is 3.86. The Bertz CT molecular complexity index is 827. The number of piperidine rings is 1. The maximum atomic E-state index is 13.7. The topological polar surface area (TPSA) is 86.5 Å². The van der Waals surface area contributed by atoms with Crippen LogP contribution in [0.5, 0.6) is 5.75 Å². The van der Waals surface area contributed by atoms with E-state index in [-0.39, 0.29) is 6.10 Å². The lowest BCUT2D eigenvalue weighted by atomic mass is 10.1. The van der Waals surface area contributed by atoms with Gasteiger partial charge in [0.1, 0.15) is 23.2 Å². The fourth-order valence-corrected chi connectivity index (χ4v) is 2.79. The number of halogens is 1.